The van der Waals surface area contributed by atoms with Gasteiger partial charge in [0.2, 0.25) is 5.75 Å². The molecule has 0 saturated heterocycles. The lowest BCUT2D eigenvalue weighted by Gasteiger charge is -2.26. The van der Waals surface area contributed by atoms with E-state index in [0.717, 1.165) is 24.3 Å². The third-order valence-corrected chi connectivity index (χ3v) is 3.88. The molecule has 9 heteroatoms. The predicted octanol–water partition coefficient (Wildman–Crippen LogP) is 2.95. The molecule has 2 aromatic rings. The van der Waals surface area contributed by atoms with E-state index in [2.05, 4.69) is 0 Å². The molecular formula is C15H14N2O7. The number of hydrogen-bond donors (Lipinski definition) is 3. The minimum absolute atomic E-state index is 0.268. The summed E-state index contributed by atoms with van der Waals surface area (Å²) in [7, 11) is 0. The molecule has 24 heavy (non-hydrogen) atoms. The van der Waals surface area contributed by atoms with Gasteiger partial charge >= 0.3 is 11.4 Å². The number of nitrogens with zero attached hydrogens (tertiary/aromatic N) is 2. The molecular weight excluding hydrogens is 320 g/mol. The van der Waals surface area contributed by atoms with E-state index in [1.54, 1.807) is 13.8 Å². The van der Waals surface area contributed by atoms with Gasteiger partial charge in [0.1, 0.15) is 0 Å². The largest absolute Gasteiger partial charge is 0.504 e. The smallest absolute Gasteiger partial charge is 0.314 e. The van der Waals surface area contributed by atoms with Crippen LogP contribution in [-0.2, 0) is 5.41 Å². The van der Waals surface area contributed by atoms with Crippen LogP contribution in [0.4, 0.5) is 11.4 Å². The van der Waals surface area contributed by atoms with Crippen LogP contribution in [0, 0.1) is 20.2 Å². The molecule has 0 spiro atoms. The average Bonchev–Trinajstić information content (AvgIpc) is 2.49. The summed E-state index contributed by atoms with van der Waals surface area (Å²) >= 11 is 0. The molecule has 0 bridgehead atoms. The Bertz CT molecular complexity index is 846. The van der Waals surface area contributed by atoms with Crippen molar-refractivity contribution in [2.24, 2.45) is 0 Å². The van der Waals surface area contributed by atoms with Crippen molar-refractivity contribution < 1.29 is 25.2 Å². The van der Waals surface area contributed by atoms with Crippen molar-refractivity contribution in [2.45, 2.75) is 19.3 Å². The summed E-state index contributed by atoms with van der Waals surface area (Å²) in [6.45, 7) is 3.28. The first kappa shape index (κ1) is 17.0. The van der Waals surface area contributed by atoms with Gasteiger partial charge in [-0.2, -0.15) is 0 Å². The maximum Gasteiger partial charge on any atom is 0.314 e. The fraction of sp³-hybridized carbons (Fsp3) is 0.200. The number of nitro groups is 2. The van der Waals surface area contributed by atoms with Gasteiger partial charge in [-0.05, 0) is 23.3 Å². The van der Waals surface area contributed by atoms with E-state index in [-0.39, 0.29) is 5.56 Å². The molecule has 2 rings (SSSR count). The first-order valence-electron chi connectivity index (χ1n) is 6.74. The summed E-state index contributed by atoms with van der Waals surface area (Å²) < 4.78 is 0. The summed E-state index contributed by atoms with van der Waals surface area (Å²) in [5, 5.41) is 50.8. The molecule has 0 fully saturated rings. The number of nitro benzene ring substituents is 2. The van der Waals surface area contributed by atoms with Gasteiger partial charge in [0.05, 0.1) is 9.85 Å². The van der Waals surface area contributed by atoms with Crippen molar-refractivity contribution in [3.63, 3.8) is 0 Å². The first-order chi connectivity index (χ1) is 11.1. The van der Waals surface area contributed by atoms with Crippen LogP contribution in [0.15, 0.2) is 30.3 Å². The fourth-order valence-electron chi connectivity index (χ4n) is 2.33. The number of phenolic OH excluding ortho intramolecular Hbond substituents is 3. The summed E-state index contributed by atoms with van der Waals surface area (Å²) in [6.07, 6.45) is 0. The van der Waals surface area contributed by atoms with Crippen LogP contribution in [-0.4, -0.2) is 25.2 Å². The number of benzene rings is 2. The number of hydrogen-bond acceptors (Lipinski definition) is 7. The van der Waals surface area contributed by atoms with E-state index >= 15 is 0 Å². The molecule has 0 atom stereocenters. The Labute approximate surface area is 135 Å². The van der Waals surface area contributed by atoms with E-state index in [9.17, 15) is 35.5 Å². The van der Waals surface area contributed by atoms with E-state index in [0.29, 0.717) is 5.56 Å². The predicted molar refractivity (Wildman–Crippen MR) is 83.3 cm³/mol. The van der Waals surface area contributed by atoms with Gasteiger partial charge in [-0.25, -0.2) is 0 Å². The SMILES string of the molecule is CC(C)(c1ccc(O)c([N+](=O)[O-])c1)c1cc(O)c(O)c([N+](=O)[O-])c1. The topological polar surface area (TPSA) is 147 Å². The van der Waals surface area contributed by atoms with E-state index in [1.165, 1.54) is 6.07 Å². The third-order valence-electron chi connectivity index (χ3n) is 3.88. The molecule has 126 valence electrons. The number of aromatic hydroxyl groups is 3. The normalized spacial score (nSPS) is 11.2. The molecule has 0 radical (unpaired) electrons. The zero-order valence-corrected chi connectivity index (χ0v) is 12.8. The van der Waals surface area contributed by atoms with Crippen molar-refractivity contribution >= 4 is 11.4 Å². The number of phenols is 3. The van der Waals surface area contributed by atoms with Gasteiger partial charge in [-0.3, -0.25) is 20.2 Å². The van der Waals surface area contributed by atoms with Crippen molar-refractivity contribution in [1.29, 1.82) is 0 Å². The maximum atomic E-state index is 11.0. The van der Waals surface area contributed by atoms with Crippen LogP contribution in [0.3, 0.4) is 0 Å². The van der Waals surface area contributed by atoms with E-state index in [4.69, 9.17) is 0 Å². The Morgan fingerprint density at radius 1 is 0.833 bits per heavy atom. The molecule has 0 amide bonds. The van der Waals surface area contributed by atoms with Gasteiger partial charge in [-0.1, -0.05) is 19.9 Å². The van der Waals surface area contributed by atoms with Crippen LogP contribution < -0.4 is 0 Å². The van der Waals surface area contributed by atoms with Gasteiger partial charge in [0.15, 0.2) is 11.5 Å². The second kappa shape index (κ2) is 5.69. The monoisotopic (exact) mass is 334 g/mol. The van der Waals surface area contributed by atoms with Crippen LogP contribution in [0.25, 0.3) is 0 Å². The average molecular weight is 334 g/mol. The standard InChI is InChI=1S/C15H14N2O7/c1-15(2,8-3-4-12(18)10(5-8)16(21)22)9-6-11(17(23)24)14(20)13(19)7-9/h3-7,18-20H,1-2H3. The van der Waals surface area contributed by atoms with Crippen molar-refractivity contribution in [2.75, 3.05) is 0 Å². The quantitative estimate of drug-likeness (QED) is 0.442. The van der Waals surface area contributed by atoms with Crippen LogP contribution >= 0.6 is 0 Å². The highest BCUT2D eigenvalue weighted by molar-refractivity contribution is 5.60. The maximum absolute atomic E-state index is 11.0. The second-order valence-corrected chi connectivity index (χ2v) is 5.71. The molecule has 0 aliphatic carbocycles. The third kappa shape index (κ3) is 2.78. The van der Waals surface area contributed by atoms with Crippen LogP contribution in [0.1, 0.15) is 25.0 Å². The van der Waals surface area contributed by atoms with Gasteiger partial charge in [0, 0.05) is 17.5 Å². The molecule has 3 N–H and O–H groups in total. The Kier molecular flexibility index (Phi) is 4.03. The Morgan fingerprint density at radius 2 is 1.38 bits per heavy atom. The van der Waals surface area contributed by atoms with Crippen molar-refractivity contribution in [3.05, 3.63) is 61.7 Å². The molecule has 9 nitrogen and oxygen atoms in total. The van der Waals surface area contributed by atoms with E-state index < -0.39 is 43.9 Å². The molecule has 0 unspecified atom stereocenters. The Balaban J connectivity index is 2.65. The molecule has 0 aliphatic rings. The summed E-state index contributed by atoms with van der Waals surface area (Å²) in [5.41, 5.74) is -1.49. The first-order valence-corrected chi connectivity index (χ1v) is 6.74. The highest BCUT2D eigenvalue weighted by Crippen LogP contribution is 2.43. The number of rotatable bonds is 4. The van der Waals surface area contributed by atoms with Crippen molar-refractivity contribution in [3.8, 4) is 17.2 Å². The van der Waals surface area contributed by atoms with Crippen LogP contribution in [0.2, 0.25) is 0 Å². The van der Waals surface area contributed by atoms with Crippen molar-refractivity contribution in [1.82, 2.24) is 0 Å². The Hall–Kier alpha value is -3.36. The molecule has 2 aromatic carbocycles. The minimum Gasteiger partial charge on any atom is -0.504 e. The minimum atomic E-state index is -0.978. The lowest BCUT2D eigenvalue weighted by atomic mass is 9.77. The molecule has 0 saturated carbocycles. The van der Waals surface area contributed by atoms with Gasteiger partial charge in [0.25, 0.3) is 0 Å². The summed E-state index contributed by atoms with van der Waals surface area (Å²) in [4.78, 5) is 20.4. The Morgan fingerprint density at radius 3 is 1.92 bits per heavy atom. The summed E-state index contributed by atoms with van der Waals surface area (Å²) in [6, 6.07) is 6.00. The summed E-state index contributed by atoms with van der Waals surface area (Å²) in [5.74, 6) is -2.02. The molecule has 0 aliphatic heterocycles. The lowest BCUT2D eigenvalue weighted by Crippen LogP contribution is -2.19. The zero-order chi connectivity index (χ0) is 18.2. The van der Waals surface area contributed by atoms with Gasteiger partial charge in [-0.15, -0.1) is 0 Å². The zero-order valence-electron chi connectivity index (χ0n) is 12.8. The van der Waals surface area contributed by atoms with E-state index in [1.807, 2.05) is 0 Å². The van der Waals surface area contributed by atoms with Crippen LogP contribution in [0.5, 0.6) is 17.2 Å². The highest BCUT2D eigenvalue weighted by Gasteiger charge is 2.30. The second-order valence-electron chi connectivity index (χ2n) is 5.71. The fourth-order valence-corrected chi connectivity index (χ4v) is 2.33. The lowest BCUT2D eigenvalue weighted by molar-refractivity contribution is -0.386. The molecule has 0 heterocycles. The molecule has 0 aromatic heterocycles. The highest BCUT2D eigenvalue weighted by atomic mass is 16.6. The van der Waals surface area contributed by atoms with Gasteiger partial charge < -0.3 is 15.3 Å².